The van der Waals surface area contributed by atoms with E-state index in [0.29, 0.717) is 17.4 Å². The molecule has 6 nitrogen and oxygen atoms in total. The summed E-state index contributed by atoms with van der Waals surface area (Å²) in [6, 6.07) is 15.2. The number of hydrogen-bond donors (Lipinski definition) is 0. The molecular weight excluding hydrogens is 362 g/mol. The van der Waals surface area contributed by atoms with Gasteiger partial charge in [-0.3, -0.25) is 14.3 Å². The lowest BCUT2D eigenvalue weighted by molar-refractivity contribution is 0.240. The van der Waals surface area contributed by atoms with Crippen LogP contribution in [0.5, 0.6) is 0 Å². The summed E-state index contributed by atoms with van der Waals surface area (Å²) in [6.07, 6.45) is 3.59. The van der Waals surface area contributed by atoms with Gasteiger partial charge in [-0.25, -0.2) is 4.98 Å². The topological polar surface area (TPSA) is 73.6 Å². The monoisotopic (exact) mass is 383 g/mol. The van der Waals surface area contributed by atoms with E-state index >= 15 is 0 Å². The molecule has 1 aromatic carbocycles. The Morgan fingerprint density at radius 3 is 2.55 bits per heavy atom. The third-order valence-corrected chi connectivity index (χ3v) is 5.53. The second-order valence-electron chi connectivity index (χ2n) is 8.33. The normalized spacial score (nSPS) is 15.2. The first-order valence-electron chi connectivity index (χ1n) is 9.79. The molecule has 1 aliphatic heterocycles. The van der Waals surface area contributed by atoms with Gasteiger partial charge in [0.2, 0.25) is 0 Å². The number of nitrogens with zero attached hydrogens (tertiary/aromatic N) is 5. The van der Waals surface area contributed by atoms with E-state index < -0.39 is 0 Å². The van der Waals surface area contributed by atoms with Crippen molar-refractivity contribution >= 4 is 10.9 Å². The summed E-state index contributed by atoms with van der Waals surface area (Å²) < 4.78 is 1.84. The third-order valence-electron chi connectivity index (χ3n) is 5.53. The fraction of sp³-hybridized carbons (Fsp3) is 0.261. The number of aromatic nitrogens is 5. The van der Waals surface area contributed by atoms with Crippen molar-refractivity contribution in [3.05, 3.63) is 70.9 Å². The number of aryl methyl sites for hydroxylation is 1. The highest BCUT2D eigenvalue weighted by Gasteiger charge is 2.27. The maximum absolute atomic E-state index is 13.0. The van der Waals surface area contributed by atoms with E-state index in [1.165, 1.54) is 0 Å². The van der Waals surface area contributed by atoms with Crippen molar-refractivity contribution in [2.24, 2.45) is 5.41 Å². The smallest absolute Gasteiger partial charge is 0.261 e. The van der Waals surface area contributed by atoms with Gasteiger partial charge in [0.05, 0.1) is 22.3 Å². The third kappa shape index (κ3) is 3.20. The van der Waals surface area contributed by atoms with Crippen LogP contribution in [0.1, 0.15) is 26.1 Å². The second-order valence-corrected chi connectivity index (χ2v) is 8.33. The zero-order valence-electron chi connectivity index (χ0n) is 16.5. The zero-order chi connectivity index (χ0) is 20.0. The quantitative estimate of drug-likeness (QED) is 0.525. The second kappa shape index (κ2) is 6.58. The summed E-state index contributed by atoms with van der Waals surface area (Å²) >= 11 is 0. The fourth-order valence-electron chi connectivity index (χ4n) is 3.87. The van der Waals surface area contributed by atoms with Gasteiger partial charge in [-0.15, -0.1) is 10.2 Å². The average Bonchev–Trinajstić information content (AvgIpc) is 2.75. The molecule has 0 N–H and O–H groups in total. The Kier molecular flexibility index (Phi) is 4.01. The molecule has 0 spiro atoms. The highest BCUT2D eigenvalue weighted by molar-refractivity contribution is 5.83. The molecule has 3 aromatic heterocycles. The van der Waals surface area contributed by atoms with Gasteiger partial charge in [-0.2, -0.15) is 0 Å². The van der Waals surface area contributed by atoms with Crippen LogP contribution in [0.3, 0.4) is 0 Å². The van der Waals surface area contributed by atoms with Gasteiger partial charge < -0.3 is 0 Å². The molecule has 6 heteroatoms. The molecule has 1 aliphatic rings. The van der Waals surface area contributed by atoms with Crippen LogP contribution in [-0.4, -0.2) is 24.7 Å². The molecule has 144 valence electrons. The van der Waals surface area contributed by atoms with Crippen molar-refractivity contribution in [3.8, 4) is 22.6 Å². The molecule has 4 aromatic rings. The highest BCUT2D eigenvalue weighted by Crippen LogP contribution is 2.30. The molecule has 29 heavy (non-hydrogen) atoms. The molecule has 0 bridgehead atoms. The minimum Gasteiger partial charge on any atom is -0.296 e. The van der Waals surface area contributed by atoms with Crippen LogP contribution < -0.4 is 5.56 Å². The molecule has 0 radical (unpaired) electrons. The van der Waals surface area contributed by atoms with Crippen LogP contribution >= 0.6 is 0 Å². The predicted molar refractivity (Wildman–Crippen MR) is 112 cm³/mol. The fourth-order valence-corrected chi connectivity index (χ4v) is 3.87. The minimum absolute atomic E-state index is 0.0425. The van der Waals surface area contributed by atoms with Gasteiger partial charge in [-0.1, -0.05) is 26.0 Å². The van der Waals surface area contributed by atoms with Crippen LogP contribution in [0.25, 0.3) is 33.5 Å². The van der Waals surface area contributed by atoms with Crippen molar-refractivity contribution < 1.29 is 0 Å². The Balaban J connectivity index is 1.54. The molecular formula is C23H21N5O. The lowest BCUT2D eigenvalue weighted by Crippen LogP contribution is -2.36. The van der Waals surface area contributed by atoms with Crippen LogP contribution in [0.2, 0.25) is 0 Å². The number of pyridine rings is 1. The van der Waals surface area contributed by atoms with Crippen molar-refractivity contribution in [2.45, 2.75) is 33.2 Å². The van der Waals surface area contributed by atoms with Crippen molar-refractivity contribution in [3.63, 3.8) is 0 Å². The predicted octanol–water partition coefficient (Wildman–Crippen LogP) is 3.89. The lowest BCUT2D eigenvalue weighted by Gasteiger charge is -2.31. The minimum atomic E-state index is 0.0425. The van der Waals surface area contributed by atoms with E-state index in [-0.39, 0.29) is 11.0 Å². The largest absolute Gasteiger partial charge is 0.296 e. The first-order chi connectivity index (χ1) is 14.0. The van der Waals surface area contributed by atoms with Crippen LogP contribution in [0.4, 0.5) is 0 Å². The molecule has 0 fully saturated rings. The molecule has 4 heterocycles. The lowest BCUT2D eigenvalue weighted by atomic mass is 9.85. The van der Waals surface area contributed by atoms with Crippen LogP contribution in [-0.2, 0) is 13.0 Å². The summed E-state index contributed by atoms with van der Waals surface area (Å²) in [6.45, 7) is 5.11. The molecule has 0 atom stereocenters. The Hall–Kier alpha value is -3.41. The molecule has 0 aliphatic carbocycles. The van der Waals surface area contributed by atoms with E-state index in [9.17, 15) is 4.79 Å². The highest BCUT2D eigenvalue weighted by atomic mass is 16.1. The summed E-state index contributed by atoms with van der Waals surface area (Å²) in [7, 11) is 0. The number of fused-ring (bicyclic) bond motifs is 2. The molecule has 0 unspecified atom stereocenters. The summed E-state index contributed by atoms with van der Waals surface area (Å²) in [5, 5.41) is 9.32. The van der Waals surface area contributed by atoms with Gasteiger partial charge in [0.25, 0.3) is 5.56 Å². The molecule has 0 saturated heterocycles. The Labute approximate surface area is 168 Å². The number of rotatable bonds is 2. The SMILES string of the molecule is CC1(C)CCc2nc3cc(-c4ccc(-c5ccccn5)nn4)ccc3c(=O)n2C1. The number of hydrogen-bond acceptors (Lipinski definition) is 5. The molecule has 5 rings (SSSR count). The van der Waals surface area contributed by atoms with Gasteiger partial charge in [0.1, 0.15) is 11.5 Å². The Morgan fingerprint density at radius 1 is 0.966 bits per heavy atom. The van der Waals surface area contributed by atoms with E-state index in [1.54, 1.807) is 6.20 Å². The van der Waals surface area contributed by atoms with Crippen molar-refractivity contribution in [1.29, 1.82) is 0 Å². The first kappa shape index (κ1) is 17.7. The van der Waals surface area contributed by atoms with Gasteiger partial charge in [0.15, 0.2) is 0 Å². The van der Waals surface area contributed by atoms with E-state index in [1.807, 2.05) is 53.1 Å². The van der Waals surface area contributed by atoms with Gasteiger partial charge in [0, 0.05) is 24.7 Å². The first-order valence-corrected chi connectivity index (χ1v) is 9.79. The summed E-state index contributed by atoms with van der Waals surface area (Å²) in [5.74, 6) is 0.871. The standard InChI is InChI=1S/C23H21N5O/c1-23(2)11-10-21-25-20-13-15(6-7-16(20)22(29)28(21)14-23)17-8-9-19(27-26-17)18-5-3-4-12-24-18/h3-9,12-13H,10-11,14H2,1-2H3. The average molecular weight is 383 g/mol. The Morgan fingerprint density at radius 2 is 1.79 bits per heavy atom. The van der Waals surface area contributed by atoms with E-state index in [4.69, 9.17) is 4.98 Å². The maximum Gasteiger partial charge on any atom is 0.261 e. The summed E-state index contributed by atoms with van der Waals surface area (Å²) in [5.41, 5.74) is 4.03. The Bertz CT molecular complexity index is 1260. The maximum atomic E-state index is 13.0. The van der Waals surface area contributed by atoms with E-state index in [0.717, 1.165) is 41.3 Å². The van der Waals surface area contributed by atoms with Crippen LogP contribution in [0, 0.1) is 5.41 Å². The van der Waals surface area contributed by atoms with Crippen LogP contribution in [0.15, 0.2) is 59.5 Å². The van der Waals surface area contributed by atoms with Crippen molar-refractivity contribution in [1.82, 2.24) is 24.7 Å². The van der Waals surface area contributed by atoms with Crippen molar-refractivity contribution in [2.75, 3.05) is 0 Å². The van der Waals surface area contributed by atoms with Gasteiger partial charge >= 0.3 is 0 Å². The zero-order valence-corrected chi connectivity index (χ0v) is 16.5. The molecule has 0 amide bonds. The van der Waals surface area contributed by atoms with Gasteiger partial charge in [-0.05, 0) is 48.2 Å². The summed E-state index contributed by atoms with van der Waals surface area (Å²) in [4.78, 5) is 22.1. The van der Waals surface area contributed by atoms with E-state index in [2.05, 4.69) is 29.0 Å². The molecule has 0 saturated carbocycles. The number of benzene rings is 1.